The molecule has 0 saturated heterocycles. The van der Waals surface area contributed by atoms with E-state index in [0.29, 0.717) is 5.56 Å². The molecule has 0 heterocycles. The fraction of sp³-hybridized carbons (Fsp3) is 0.417. The lowest BCUT2D eigenvalue weighted by Gasteiger charge is -2.15. The molecule has 0 bridgehead atoms. The van der Waals surface area contributed by atoms with Crippen molar-refractivity contribution in [2.24, 2.45) is 5.73 Å². The normalized spacial score (nSPS) is 17.8. The Morgan fingerprint density at radius 1 is 1.35 bits per heavy atom. The van der Waals surface area contributed by atoms with Crippen LogP contribution in [-0.4, -0.2) is 5.91 Å². The molecule has 2 N–H and O–H groups in total. The average Bonchev–Trinajstić information content (AvgIpc) is 2.97. The zero-order chi connectivity index (χ0) is 12.7. The summed E-state index contributed by atoms with van der Waals surface area (Å²) in [5.41, 5.74) is 4.55. The average molecular weight is 243 g/mol. The molecule has 1 aromatic carbocycles. The minimum Gasteiger partial charge on any atom is -0.370 e. The quantitative estimate of drug-likeness (QED) is 0.871. The van der Waals surface area contributed by atoms with Crippen molar-refractivity contribution in [3.05, 3.63) is 35.4 Å². The molecule has 1 fully saturated rings. The van der Waals surface area contributed by atoms with Gasteiger partial charge in [-0.2, -0.15) is 13.2 Å². The molecule has 92 valence electrons. The predicted molar refractivity (Wildman–Crippen MR) is 56.2 cm³/mol. The van der Waals surface area contributed by atoms with E-state index in [9.17, 15) is 18.0 Å². The van der Waals surface area contributed by atoms with Gasteiger partial charge in [0, 0.05) is 11.8 Å². The number of carbonyl (C=O) groups is 1. The van der Waals surface area contributed by atoms with Crippen molar-refractivity contribution >= 4 is 5.91 Å². The van der Waals surface area contributed by atoms with Crippen LogP contribution in [0.1, 0.15) is 30.4 Å². The Hall–Kier alpha value is -1.52. The van der Waals surface area contributed by atoms with Crippen LogP contribution in [-0.2, 0) is 16.4 Å². The molecule has 2 rings (SSSR count). The number of halogens is 3. The molecule has 1 saturated carbocycles. The van der Waals surface area contributed by atoms with Gasteiger partial charge >= 0.3 is 6.18 Å². The molecular formula is C12H12F3NO. The minimum absolute atomic E-state index is 0.119. The van der Waals surface area contributed by atoms with Crippen LogP contribution in [0.25, 0.3) is 0 Å². The molecule has 2 nitrogen and oxygen atoms in total. The fourth-order valence-electron chi connectivity index (χ4n) is 2.08. The monoisotopic (exact) mass is 243 g/mol. The molecule has 1 aliphatic carbocycles. The van der Waals surface area contributed by atoms with Gasteiger partial charge in [0.15, 0.2) is 0 Å². The first-order valence-corrected chi connectivity index (χ1v) is 5.30. The second-order valence-corrected chi connectivity index (χ2v) is 4.50. The van der Waals surface area contributed by atoms with Gasteiger partial charge in [0.2, 0.25) is 5.91 Å². The van der Waals surface area contributed by atoms with Crippen LogP contribution in [0.4, 0.5) is 13.2 Å². The van der Waals surface area contributed by atoms with Crippen LogP contribution in [0.2, 0.25) is 0 Å². The lowest BCUT2D eigenvalue weighted by Crippen LogP contribution is -2.20. The molecule has 0 aromatic heterocycles. The molecule has 1 amide bonds. The van der Waals surface area contributed by atoms with Gasteiger partial charge in [-0.25, -0.2) is 0 Å². The Labute approximate surface area is 96.6 Å². The predicted octanol–water partition coefficient (Wildman–Crippen LogP) is 2.61. The highest BCUT2D eigenvalue weighted by molar-refractivity contribution is 5.76. The molecule has 0 aliphatic heterocycles. The highest BCUT2D eigenvalue weighted by atomic mass is 19.4. The van der Waals surface area contributed by atoms with E-state index in [1.807, 2.05) is 0 Å². The maximum Gasteiger partial charge on any atom is 0.416 e. The first-order valence-electron chi connectivity index (χ1n) is 5.30. The molecule has 0 atom stereocenters. The van der Waals surface area contributed by atoms with Gasteiger partial charge < -0.3 is 5.73 Å². The third kappa shape index (κ3) is 2.43. The third-order valence-corrected chi connectivity index (χ3v) is 3.17. The topological polar surface area (TPSA) is 43.1 Å². The Kier molecular flexibility index (Phi) is 2.64. The molecule has 0 radical (unpaired) electrons. The van der Waals surface area contributed by atoms with E-state index in [1.54, 1.807) is 6.07 Å². The maximum absolute atomic E-state index is 12.5. The SMILES string of the molecule is NC(=O)CC1(c2cccc(C(F)(F)F)c2)CC1. The van der Waals surface area contributed by atoms with Gasteiger partial charge in [0.1, 0.15) is 0 Å². The first-order chi connectivity index (χ1) is 7.83. The van der Waals surface area contributed by atoms with E-state index in [4.69, 9.17) is 5.73 Å². The number of benzene rings is 1. The minimum atomic E-state index is -4.35. The van der Waals surface area contributed by atoms with E-state index in [-0.39, 0.29) is 6.42 Å². The van der Waals surface area contributed by atoms with Crippen molar-refractivity contribution in [3.8, 4) is 0 Å². The zero-order valence-electron chi connectivity index (χ0n) is 9.05. The number of hydrogen-bond acceptors (Lipinski definition) is 1. The summed E-state index contributed by atoms with van der Waals surface area (Å²) in [5, 5.41) is 0. The summed E-state index contributed by atoms with van der Waals surface area (Å²) in [5.74, 6) is -0.472. The number of rotatable bonds is 3. The van der Waals surface area contributed by atoms with Crippen LogP contribution in [0.15, 0.2) is 24.3 Å². The maximum atomic E-state index is 12.5. The van der Waals surface area contributed by atoms with Gasteiger partial charge in [-0.1, -0.05) is 18.2 Å². The van der Waals surface area contributed by atoms with E-state index >= 15 is 0 Å². The first kappa shape index (κ1) is 12.0. The number of hydrogen-bond donors (Lipinski definition) is 1. The van der Waals surface area contributed by atoms with E-state index in [0.717, 1.165) is 25.0 Å². The lowest BCUT2D eigenvalue weighted by molar-refractivity contribution is -0.137. The third-order valence-electron chi connectivity index (χ3n) is 3.17. The van der Waals surface area contributed by atoms with Crippen LogP contribution < -0.4 is 5.73 Å². The second-order valence-electron chi connectivity index (χ2n) is 4.50. The summed E-state index contributed by atoms with van der Waals surface area (Å²) >= 11 is 0. The van der Waals surface area contributed by atoms with Crippen LogP contribution in [0.5, 0.6) is 0 Å². The molecule has 1 aromatic rings. The Morgan fingerprint density at radius 2 is 2.00 bits per heavy atom. The summed E-state index contributed by atoms with van der Waals surface area (Å²) in [6.07, 6.45) is -2.79. The van der Waals surface area contributed by atoms with Gasteiger partial charge in [0.05, 0.1) is 5.56 Å². The summed E-state index contributed by atoms with van der Waals surface area (Å²) in [4.78, 5) is 10.9. The van der Waals surface area contributed by atoms with Gasteiger partial charge in [-0.3, -0.25) is 4.79 Å². The molecule has 5 heteroatoms. The largest absolute Gasteiger partial charge is 0.416 e. The second kappa shape index (κ2) is 3.75. The van der Waals surface area contributed by atoms with Gasteiger partial charge in [-0.15, -0.1) is 0 Å². The smallest absolute Gasteiger partial charge is 0.370 e. The number of primary amides is 1. The van der Waals surface area contributed by atoms with Gasteiger partial charge in [-0.05, 0) is 24.5 Å². The molecule has 1 aliphatic rings. The van der Waals surface area contributed by atoms with Crippen molar-refractivity contribution in [3.63, 3.8) is 0 Å². The highest BCUT2D eigenvalue weighted by Crippen LogP contribution is 2.51. The number of nitrogens with two attached hydrogens (primary N) is 1. The van der Waals surface area contributed by atoms with Crippen LogP contribution in [0.3, 0.4) is 0 Å². The summed E-state index contributed by atoms with van der Waals surface area (Å²) in [6.45, 7) is 0. The number of carbonyl (C=O) groups excluding carboxylic acids is 1. The standard InChI is InChI=1S/C12H12F3NO/c13-12(14,15)9-3-1-2-8(6-9)11(4-5-11)7-10(16)17/h1-3,6H,4-5,7H2,(H2,16,17). The highest BCUT2D eigenvalue weighted by Gasteiger charge is 2.46. The Morgan fingerprint density at radius 3 is 2.47 bits per heavy atom. The van der Waals surface area contributed by atoms with Crippen molar-refractivity contribution in [1.82, 2.24) is 0 Å². The van der Waals surface area contributed by atoms with Crippen molar-refractivity contribution < 1.29 is 18.0 Å². The molecule has 17 heavy (non-hydrogen) atoms. The van der Waals surface area contributed by atoms with E-state index in [2.05, 4.69) is 0 Å². The van der Waals surface area contributed by atoms with E-state index < -0.39 is 23.1 Å². The molecule has 0 spiro atoms. The molecular weight excluding hydrogens is 231 g/mol. The number of alkyl halides is 3. The van der Waals surface area contributed by atoms with Gasteiger partial charge in [0.25, 0.3) is 0 Å². The lowest BCUT2D eigenvalue weighted by atomic mass is 9.91. The molecule has 0 unspecified atom stereocenters. The van der Waals surface area contributed by atoms with E-state index in [1.165, 1.54) is 6.07 Å². The Bertz CT molecular complexity index is 449. The Balaban J connectivity index is 2.31. The zero-order valence-corrected chi connectivity index (χ0v) is 9.05. The van der Waals surface area contributed by atoms with Crippen LogP contribution >= 0.6 is 0 Å². The summed E-state index contributed by atoms with van der Waals surface area (Å²) in [6, 6.07) is 5.16. The van der Waals surface area contributed by atoms with Crippen LogP contribution in [0, 0.1) is 0 Å². The van der Waals surface area contributed by atoms with Crippen molar-refractivity contribution in [2.45, 2.75) is 30.9 Å². The summed E-state index contributed by atoms with van der Waals surface area (Å²) in [7, 11) is 0. The summed E-state index contributed by atoms with van der Waals surface area (Å²) < 4.78 is 37.6. The number of amides is 1. The van der Waals surface area contributed by atoms with Crippen molar-refractivity contribution in [1.29, 1.82) is 0 Å². The van der Waals surface area contributed by atoms with Crippen molar-refractivity contribution in [2.75, 3.05) is 0 Å². The fourth-order valence-corrected chi connectivity index (χ4v) is 2.08.